The van der Waals surface area contributed by atoms with Gasteiger partial charge in [0.1, 0.15) is 6.04 Å². The van der Waals surface area contributed by atoms with Crippen LogP contribution in [0.2, 0.25) is 0 Å². The average Bonchev–Trinajstić information content (AvgIpc) is 2.75. The van der Waals surface area contributed by atoms with E-state index < -0.39 is 12.0 Å². The first-order valence-electron chi connectivity index (χ1n) is 6.63. The highest BCUT2D eigenvalue weighted by atomic mass is 79.9. The number of carboxylic acid groups (broad SMARTS) is 1. The molecule has 2 rings (SSSR count). The summed E-state index contributed by atoms with van der Waals surface area (Å²) in [6, 6.07) is -0.891. The van der Waals surface area contributed by atoms with Crippen LogP contribution in [-0.2, 0) is 4.79 Å². The van der Waals surface area contributed by atoms with Crippen molar-refractivity contribution in [1.29, 1.82) is 0 Å². The average molecular weight is 331 g/mol. The SMILES string of the molecule is C=C(Br)CNC(=O)N1C(C(=O)O)CC2CCCCC21. The summed E-state index contributed by atoms with van der Waals surface area (Å²) in [5.41, 5.74) is 0. The van der Waals surface area contributed by atoms with Crippen LogP contribution in [0.15, 0.2) is 11.1 Å². The van der Waals surface area contributed by atoms with Crippen LogP contribution in [0.1, 0.15) is 32.1 Å². The van der Waals surface area contributed by atoms with Crippen molar-refractivity contribution in [3.8, 4) is 0 Å². The van der Waals surface area contributed by atoms with Crippen LogP contribution in [0.5, 0.6) is 0 Å². The lowest BCUT2D eigenvalue weighted by molar-refractivity contribution is -0.141. The maximum atomic E-state index is 12.2. The molecule has 0 spiro atoms. The molecular weight excluding hydrogens is 312 g/mol. The maximum absolute atomic E-state index is 12.2. The molecule has 0 aromatic carbocycles. The molecule has 106 valence electrons. The van der Waals surface area contributed by atoms with E-state index in [0.29, 0.717) is 23.4 Å². The van der Waals surface area contributed by atoms with Crippen molar-refractivity contribution in [1.82, 2.24) is 10.2 Å². The molecule has 2 aliphatic rings. The summed E-state index contributed by atoms with van der Waals surface area (Å²) in [6.07, 6.45) is 4.74. The van der Waals surface area contributed by atoms with Crippen molar-refractivity contribution in [2.45, 2.75) is 44.2 Å². The Labute approximate surface area is 121 Å². The molecule has 0 radical (unpaired) electrons. The fourth-order valence-electron chi connectivity index (χ4n) is 3.24. The third-order valence-electron chi connectivity index (χ3n) is 4.04. The van der Waals surface area contributed by atoms with Gasteiger partial charge in [0.2, 0.25) is 0 Å². The summed E-state index contributed by atoms with van der Waals surface area (Å²) < 4.78 is 0.673. The molecule has 0 bridgehead atoms. The second-order valence-electron chi connectivity index (χ2n) is 5.28. The van der Waals surface area contributed by atoms with Gasteiger partial charge in [0.25, 0.3) is 0 Å². The molecule has 3 unspecified atom stereocenters. The van der Waals surface area contributed by atoms with Crippen molar-refractivity contribution in [3.05, 3.63) is 11.1 Å². The molecule has 2 N–H and O–H groups in total. The monoisotopic (exact) mass is 330 g/mol. The van der Waals surface area contributed by atoms with E-state index in [-0.39, 0.29) is 12.1 Å². The third-order valence-corrected chi connectivity index (χ3v) is 4.32. The Balaban J connectivity index is 2.10. The standard InChI is InChI=1S/C13H19BrN2O3/c1-8(14)7-15-13(19)16-10-5-3-2-4-9(10)6-11(16)12(17)18/h9-11H,1-7H2,(H,15,19)(H,17,18). The number of carboxylic acids is 1. The zero-order valence-corrected chi connectivity index (χ0v) is 12.4. The highest BCUT2D eigenvalue weighted by molar-refractivity contribution is 9.11. The largest absolute Gasteiger partial charge is 0.480 e. The van der Waals surface area contributed by atoms with Gasteiger partial charge in [0, 0.05) is 10.5 Å². The highest BCUT2D eigenvalue weighted by Crippen LogP contribution is 2.39. The van der Waals surface area contributed by atoms with Crippen molar-refractivity contribution >= 4 is 27.9 Å². The lowest BCUT2D eigenvalue weighted by Crippen LogP contribution is -2.50. The van der Waals surface area contributed by atoms with E-state index in [1.165, 1.54) is 0 Å². The van der Waals surface area contributed by atoms with Gasteiger partial charge in [-0.15, -0.1) is 0 Å². The van der Waals surface area contributed by atoms with E-state index >= 15 is 0 Å². The van der Waals surface area contributed by atoms with Gasteiger partial charge in [-0.25, -0.2) is 9.59 Å². The topological polar surface area (TPSA) is 69.6 Å². The van der Waals surface area contributed by atoms with Crippen molar-refractivity contribution in [3.63, 3.8) is 0 Å². The third kappa shape index (κ3) is 3.11. The van der Waals surface area contributed by atoms with Gasteiger partial charge in [0.05, 0.1) is 6.54 Å². The zero-order valence-electron chi connectivity index (χ0n) is 10.8. The van der Waals surface area contributed by atoms with Gasteiger partial charge in [-0.05, 0) is 25.2 Å². The minimum Gasteiger partial charge on any atom is -0.480 e. The number of urea groups is 1. The first-order chi connectivity index (χ1) is 9.00. The second-order valence-corrected chi connectivity index (χ2v) is 6.41. The number of likely N-dealkylation sites (tertiary alicyclic amines) is 1. The Morgan fingerprint density at radius 2 is 2.05 bits per heavy atom. The Morgan fingerprint density at radius 3 is 2.68 bits per heavy atom. The molecule has 1 aliphatic heterocycles. The second kappa shape index (κ2) is 5.94. The number of fused-ring (bicyclic) bond motifs is 1. The first kappa shape index (κ1) is 14.4. The molecule has 1 saturated carbocycles. The van der Waals surface area contributed by atoms with Crippen molar-refractivity contribution in [2.75, 3.05) is 6.54 Å². The van der Waals surface area contributed by atoms with Gasteiger partial charge >= 0.3 is 12.0 Å². The van der Waals surface area contributed by atoms with E-state index in [9.17, 15) is 14.7 Å². The zero-order chi connectivity index (χ0) is 14.0. The Morgan fingerprint density at radius 1 is 1.37 bits per heavy atom. The molecule has 5 nitrogen and oxygen atoms in total. The number of amides is 2. The number of halogens is 1. The molecule has 19 heavy (non-hydrogen) atoms. The van der Waals surface area contributed by atoms with Crippen LogP contribution in [0.3, 0.4) is 0 Å². The van der Waals surface area contributed by atoms with Crippen LogP contribution in [0.25, 0.3) is 0 Å². The first-order valence-corrected chi connectivity index (χ1v) is 7.42. The number of nitrogens with one attached hydrogen (secondary N) is 1. The van der Waals surface area contributed by atoms with Gasteiger partial charge < -0.3 is 15.3 Å². The predicted molar refractivity (Wildman–Crippen MR) is 75.1 cm³/mol. The van der Waals surface area contributed by atoms with Crippen LogP contribution in [0.4, 0.5) is 4.79 Å². The predicted octanol–water partition coefficient (Wildman–Crippen LogP) is 2.32. The number of carbonyl (C=O) groups is 2. The van der Waals surface area contributed by atoms with Crippen LogP contribution in [0, 0.1) is 5.92 Å². The minimum absolute atomic E-state index is 0.0819. The number of hydrogen-bond donors (Lipinski definition) is 2. The van der Waals surface area contributed by atoms with Gasteiger partial charge in [0.15, 0.2) is 0 Å². The maximum Gasteiger partial charge on any atom is 0.326 e. The Kier molecular flexibility index (Phi) is 4.50. The van der Waals surface area contributed by atoms with E-state index in [1.807, 2.05) is 0 Å². The molecule has 2 amide bonds. The molecule has 0 aromatic rings. The lowest BCUT2D eigenvalue weighted by Gasteiger charge is -2.32. The number of nitrogens with zero attached hydrogens (tertiary/aromatic N) is 1. The quantitative estimate of drug-likeness (QED) is 0.834. The molecule has 0 aromatic heterocycles. The Bertz CT molecular complexity index is 399. The van der Waals surface area contributed by atoms with Gasteiger partial charge in [-0.3, -0.25) is 0 Å². The molecular formula is C13H19BrN2O3. The minimum atomic E-state index is -0.901. The van der Waals surface area contributed by atoms with Crippen molar-refractivity contribution < 1.29 is 14.7 Å². The summed E-state index contributed by atoms with van der Waals surface area (Å²) in [5, 5.41) is 12.0. The molecule has 3 atom stereocenters. The molecule has 1 saturated heterocycles. The fourth-order valence-corrected chi connectivity index (χ4v) is 3.38. The fraction of sp³-hybridized carbons (Fsp3) is 0.692. The van der Waals surface area contributed by atoms with Crippen LogP contribution in [-0.4, -0.2) is 40.6 Å². The normalized spacial score (nSPS) is 29.7. The molecule has 1 aliphatic carbocycles. The van der Waals surface area contributed by atoms with Gasteiger partial charge in [-0.2, -0.15) is 0 Å². The molecule has 1 heterocycles. The van der Waals surface area contributed by atoms with E-state index in [1.54, 1.807) is 4.90 Å². The smallest absolute Gasteiger partial charge is 0.326 e. The number of hydrogen-bond acceptors (Lipinski definition) is 2. The number of aliphatic carboxylic acids is 1. The number of rotatable bonds is 3. The van der Waals surface area contributed by atoms with E-state index in [0.717, 1.165) is 25.7 Å². The van der Waals surface area contributed by atoms with Gasteiger partial charge in [-0.1, -0.05) is 35.4 Å². The molecule has 2 fully saturated rings. The molecule has 6 heteroatoms. The lowest BCUT2D eigenvalue weighted by atomic mass is 9.85. The summed E-state index contributed by atoms with van der Waals surface area (Å²) in [5.74, 6) is -0.560. The highest BCUT2D eigenvalue weighted by Gasteiger charge is 2.47. The summed E-state index contributed by atoms with van der Waals surface area (Å²) >= 11 is 3.18. The van der Waals surface area contributed by atoms with Crippen molar-refractivity contribution in [2.24, 2.45) is 5.92 Å². The Hall–Kier alpha value is -1.04. The van der Waals surface area contributed by atoms with E-state index in [4.69, 9.17) is 0 Å². The van der Waals surface area contributed by atoms with Crippen LogP contribution < -0.4 is 5.32 Å². The number of carbonyl (C=O) groups excluding carboxylic acids is 1. The summed E-state index contributed by atoms with van der Waals surface area (Å²) in [4.78, 5) is 25.1. The summed E-state index contributed by atoms with van der Waals surface area (Å²) in [6.45, 7) is 3.97. The van der Waals surface area contributed by atoms with Crippen LogP contribution >= 0.6 is 15.9 Å². The van der Waals surface area contributed by atoms with E-state index in [2.05, 4.69) is 27.8 Å². The summed E-state index contributed by atoms with van der Waals surface area (Å²) in [7, 11) is 0.